The van der Waals surface area contributed by atoms with E-state index in [1.54, 1.807) is 0 Å². The molecule has 0 amide bonds. The highest BCUT2D eigenvalue weighted by molar-refractivity contribution is 6.07. The van der Waals surface area contributed by atoms with Crippen molar-refractivity contribution in [1.82, 2.24) is 9.47 Å². The molecular weight excluding hydrogens is 272 g/mol. The zero-order valence-electron chi connectivity index (χ0n) is 13.4. The molecule has 1 N–H and O–H groups in total. The molecule has 0 saturated heterocycles. The zero-order valence-corrected chi connectivity index (χ0v) is 13.4. The Kier molecular flexibility index (Phi) is 4.46. The van der Waals surface area contributed by atoms with Gasteiger partial charge in [-0.3, -0.25) is 0 Å². The minimum atomic E-state index is -0.362. The number of aromatic nitrogens is 1. The summed E-state index contributed by atoms with van der Waals surface area (Å²) in [7, 11) is 0. The second-order valence-electron chi connectivity index (χ2n) is 5.78. The van der Waals surface area contributed by atoms with E-state index in [4.69, 9.17) is 0 Å². The molecule has 22 heavy (non-hydrogen) atoms. The molecule has 116 valence electrons. The Balaban J connectivity index is 1.98. The van der Waals surface area contributed by atoms with Crippen LogP contribution in [0.15, 0.2) is 48.5 Å². The number of para-hydroxylation sites is 2. The van der Waals surface area contributed by atoms with E-state index < -0.39 is 0 Å². The van der Waals surface area contributed by atoms with E-state index in [9.17, 15) is 5.11 Å². The number of aliphatic hydroxyl groups excluding tert-OH is 1. The molecular formula is C19H24N2O. The fourth-order valence-corrected chi connectivity index (χ4v) is 3.25. The summed E-state index contributed by atoms with van der Waals surface area (Å²) in [5.74, 6) is 0. The number of rotatable bonds is 6. The molecule has 2 aromatic carbocycles. The minimum Gasteiger partial charge on any atom is -0.390 e. The van der Waals surface area contributed by atoms with Gasteiger partial charge in [0.25, 0.3) is 0 Å². The van der Waals surface area contributed by atoms with Gasteiger partial charge >= 0.3 is 0 Å². The molecule has 0 spiro atoms. The standard InChI is InChI=1S/C19H24N2O/c1-3-20(4-2)13-15(22)14-21-18-11-7-5-9-16(18)17-10-6-8-12-19(17)21/h5-12,15,22H,3-4,13-14H2,1-2H3/t15-/m0/s1. The highest BCUT2D eigenvalue weighted by Crippen LogP contribution is 2.28. The number of aliphatic hydroxyl groups is 1. The number of fused-ring (bicyclic) bond motifs is 3. The van der Waals surface area contributed by atoms with Gasteiger partial charge in [0.1, 0.15) is 0 Å². The maximum Gasteiger partial charge on any atom is 0.0845 e. The van der Waals surface area contributed by atoms with Crippen molar-refractivity contribution < 1.29 is 5.11 Å². The topological polar surface area (TPSA) is 28.4 Å². The van der Waals surface area contributed by atoms with Crippen molar-refractivity contribution >= 4 is 21.8 Å². The van der Waals surface area contributed by atoms with Crippen molar-refractivity contribution in [3.8, 4) is 0 Å². The fraction of sp³-hybridized carbons (Fsp3) is 0.368. The van der Waals surface area contributed by atoms with Crippen LogP contribution in [0.5, 0.6) is 0 Å². The van der Waals surface area contributed by atoms with E-state index in [1.165, 1.54) is 21.8 Å². The van der Waals surface area contributed by atoms with Crippen LogP contribution in [0.4, 0.5) is 0 Å². The SMILES string of the molecule is CCN(CC)C[C@H](O)Cn1c2ccccc2c2ccccc21. The minimum absolute atomic E-state index is 0.362. The van der Waals surface area contributed by atoms with Gasteiger partial charge in [-0.15, -0.1) is 0 Å². The van der Waals surface area contributed by atoms with Crippen molar-refractivity contribution in [2.75, 3.05) is 19.6 Å². The van der Waals surface area contributed by atoms with Gasteiger partial charge in [0, 0.05) is 28.4 Å². The maximum atomic E-state index is 10.5. The van der Waals surface area contributed by atoms with Gasteiger partial charge < -0.3 is 14.6 Å². The van der Waals surface area contributed by atoms with Crippen LogP contribution in [0.3, 0.4) is 0 Å². The smallest absolute Gasteiger partial charge is 0.0845 e. The Morgan fingerprint density at radius 1 is 0.909 bits per heavy atom. The lowest BCUT2D eigenvalue weighted by molar-refractivity contribution is 0.105. The van der Waals surface area contributed by atoms with E-state index in [-0.39, 0.29) is 6.10 Å². The van der Waals surface area contributed by atoms with E-state index in [0.29, 0.717) is 13.1 Å². The van der Waals surface area contributed by atoms with Crippen LogP contribution in [0.25, 0.3) is 21.8 Å². The lowest BCUT2D eigenvalue weighted by atomic mass is 10.2. The quantitative estimate of drug-likeness (QED) is 0.754. The first kappa shape index (κ1) is 15.1. The van der Waals surface area contributed by atoms with Crippen LogP contribution in [0, 0.1) is 0 Å². The first-order valence-electron chi connectivity index (χ1n) is 8.11. The first-order valence-corrected chi connectivity index (χ1v) is 8.11. The van der Waals surface area contributed by atoms with Crippen molar-refractivity contribution in [2.45, 2.75) is 26.5 Å². The van der Waals surface area contributed by atoms with E-state index in [2.05, 4.69) is 71.8 Å². The molecule has 1 aromatic heterocycles. The number of likely N-dealkylation sites (N-methyl/N-ethyl adjacent to an activating group) is 1. The maximum absolute atomic E-state index is 10.5. The molecule has 0 saturated carbocycles. The Morgan fingerprint density at radius 2 is 1.41 bits per heavy atom. The van der Waals surface area contributed by atoms with E-state index in [0.717, 1.165) is 13.1 Å². The highest BCUT2D eigenvalue weighted by atomic mass is 16.3. The van der Waals surface area contributed by atoms with Crippen LogP contribution >= 0.6 is 0 Å². The third kappa shape index (κ3) is 2.74. The molecule has 3 heteroatoms. The molecule has 0 unspecified atom stereocenters. The molecule has 0 fully saturated rings. The van der Waals surface area contributed by atoms with Crippen LogP contribution in [-0.2, 0) is 6.54 Å². The Morgan fingerprint density at radius 3 is 1.91 bits per heavy atom. The van der Waals surface area contributed by atoms with Crippen LogP contribution in [-0.4, -0.2) is 40.3 Å². The summed E-state index contributed by atoms with van der Waals surface area (Å²) >= 11 is 0. The van der Waals surface area contributed by atoms with Crippen molar-refractivity contribution in [3.05, 3.63) is 48.5 Å². The molecule has 0 bridgehead atoms. The lowest BCUT2D eigenvalue weighted by Gasteiger charge is -2.22. The molecule has 0 aliphatic heterocycles. The third-order valence-electron chi connectivity index (χ3n) is 4.44. The third-order valence-corrected chi connectivity index (χ3v) is 4.44. The summed E-state index contributed by atoms with van der Waals surface area (Å²) in [4.78, 5) is 2.26. The van der Waals surface area contributed by atoms with Gasteiger partial charge in [-0.2, -0.15) is 0 Å². The summed E-state index contributed by atoms with van der Waals surface area (Å²) in [6.07, 6.45) is -0.362. The summed E-state index contributed by atoms with van der Waals surface area (Å²) in [5, 5.41) is 13.0. The van der Waals surface area contributed by atoms with Gasteiger partial charge in [-0.1, -0.05) is 50.2 Å². The number of hydrogen-bond donors (Lipinski definition) is 1. The van der Waals surface area contributed by atoms with Gasteiger partial charge in [0.05, 0.1) is 12.6 Å². The lowest BCUT2D eigenvalue weighted by Crippen LogP contribution is -2.34. The molecule has 0 aliphatic rings. The predicted octanol–water partition coefficient (Wildman–Crippen LogP) is 3.50. The molecule has 0 aliphatic carbocycles. The zero-order chi connectivity index (χ0) is 15.5. The average molecular weight is 296 g/mol. The monoisotopic (exact) mass is 296 g/mol. The van der Waals surface area contributed by atoms with Crippen molar-refractivity contribution in [3.63, 3.8) is 0 Å². The highest BCUT2D eigenvalue weighted by Gasteiger charge is 2.14. The Bertz CT molecular complexity index is 705. The summed E-state index contributed by atoms with van der Waals surface area (Å²) in [6.45, 7) is 7.56. The number of nitrogens with zero attached hydrogens (tertiary/aromatic N) is 2. The van der Waals surface area contributed by atoms with Crippen LogP contribution < -0.4 is 0 Å². The van der Waals surface area contributed by atoms with Gasteiger partial charge in [-0.05, 0) is 25.2 Å². The summed E-state index contributed by atoms with van der Waals surface area (Å²) < 4.78 is 2.25. The van der Waals surface area contributed by atoms with Crippen molar-refractivity contribution in [2.24, 2.45) is 0 Å². The van der Waals surface area contributed by atoms with Crippen molar-refractivity contribution in [1.29, 1.82) is 0 Å². The molecule has 0 radical (unpaired) electrons. The Hall–Kier alpha value is -1.84. The predicted molar refractivity (Wildman–Crippen MR) is 93.2 cm³/mol. The second-order valence-corrected chi connectivity index (χ2v) is 5.78. The first-order chi connectivity index (χ1) is 10.7. The fourth-order valence-electron chi connectivity index (χ4n) is 3.25. The largest absolute Gasteiger partial charge is 0.390 e. The van der Waals surface area contributed by atoms with Gasteiger partial charge in [0.15, 0.2) is 0 Å². The molecule has 3 rings (SSSR count). The molecule has 3 nitrogen and oxygen atoms in total. The summed E-state index contributed by atoms with van der Waals surface area (Å²) in [5.41, 5.74) is 2.39. The molecule has 1 heterocycles. The Labute approximate surface area is 131 Å². The normalized spacial score (nSPS) is 13.3. The van der Waals surface area contributed by atoms with E-state index in [1.807, 2.05) is 0 Å². The molecule has 1 atom stereocenters. The van der Waals surface area contributed by atoms with Crippen LogP contribution in [0.2, 0.25) is 0 Å². The van der Waals surface area contributed by atoms with Gasteiger partial charge in [0.2, 0.25) is 0 Å². The average Bonchev–Trinajstić information content (AvgIpc) is 2.87. The number of hydrogen-bond acceptors (Lipinski definition) is 2. The van der Waals surface area contributed by atoms with E-state index >= 15 is 0 Å². The number of benzene rings is 2. The van der Waals surface area contributed by atoms with Crippen LogP contribution in [0.1, 0.15) is 13.8 Å². The van der Waals surface area contributed by atoms with Gasteiger partial charge in [-0.25, -0.2) is 0 Å². The second kappa shape index (κ2) is 6.51. The summed E-state index contributed by atoms with van der Waals surface area (Å²) in [6, 6.07) is 16.9. The molecule has 3 aromatic rings.